The van der Waals surface area contributed by atoms with Crippen molar-refractivity contribution in [2.75, 3.05) is 13.1 Å². The van der Waals surface area contributed by atoms with Gasteiger partial charge in [0.05, 0.1) is 17.1 Å². The van der Waals surface area contributed by atoms with Gasteiger partial charge in [-0.25, -0.2) is 0 Å². The van der Waals surface area contributed by atoms with E-state index in [0.29, 0.717) is 6.54 Å². The summed E-state index contributed by atoms with van der Waals surface area (Å²) < 4.78 is 0. The first kappa shape index (κ1) is 18.9. The number of carbonyl (C=O) groups excluding carboxylic acids is 1. The summed E-state index contributed by atoms with van der Waals surface area (Å²) in [7, 11) is 0. The largest absolute Gasteiger partial charge is 0.329 e. The number of nitrogens with zero attached hydrogens (tertiary/aromatic N) is 2. The number of halogens is 1. The number of rotatable bonds is 4. The van der Waals surface area contributed by atoms with Crippen molar-refractivity contribution in [2.45, 2.75) is 38.8 Å². The summed E-state index contributed by atoms with van der Waals surface area (Å²) in [4.78, 5) is 20.4. The molecule has 130 valence electrons. The monoisotopic (exact) mass is 365 g/mol. The van der Waals surface area contributed by atoms with Crippen LogP contribution in [0.4, 0.5) is 0 Å². The maximum absolute atomic E-state index is 13.1. The quantitative estimate of drug-likeness (QED) is 0.899. The Bertz CT molecular complexity index is 639. The molecular weight excluding hydrogens is 342 g/mol. The molecule has 0 bridgehead atoms. The summed E-state index contributed by atoms with van der Waals surface area (Å²) in [5.41, 5.74) is 2.02. The molecular formula is C18H24ClN3OS. The number of hydrogen-bond acceptors (Lipinski definition) is 4. The van der Waals surface area contributed by atoms with Gasteiger partial charge in [-0.15, -0.1) is 23.7 Å². The van der Waals surface area contributed by atoms with Crippen LogP contribution in [-0.2, 0) is 6.54 Å². The van der Waals surface area contributed by atoms with Crippen molar-refractivity contribution in [3.8, 4) is 0 Å². The lowest BCUT2D eigenvalue weighted by molar-refractivity contribution is 0.0647. The SMILES string of the molecule is Cc1ccsc1C(=O)N(Cc1ccccn1)C1CCCNCC1.Cl. The van der Waals surface area contributed by atoms with Crippen LogP contribution in [0.15, 0.2) is 35.8 Å². The van der Waals surface area contributed by atoms with Crippen LogP contribution in [0.5, 0.6) is 0 Å². The Morgan fingerprint density at radius 1 is 1.33 bits per heavy atom. The lowest BCUT2D eigenvalue weighted by Gasteiger charge is -2.31. The Balaban J connectivity index is 0.00000208. The molecule has 1 atom stereocenters. The summed E-state index contributed by atoms with van der Waals surface area (Å²) in [6, 6.07) is 8.19. The minimum Gasteiger partial charge on any atom is -0.329 e. The maximum Gasteiger partial charge on any atom is 0.264 e. The molecule has 1 aliphatic rings. The Morgan fingerprint density at radius 2 is 2.21 bits per heavy atom. The standard InChI is InChI=1S/C18H23N3OS.ClH/c1-14-8-12-23-17(14)18(22)21(13-15-5-2-3-10-20-15)16-6-4-9-19-11-7-16;/h2-3,5,8,10,12,16,19H,4,6-7,9,11,13H2,1H3;1H. The van der Waals surface area contributed by atoms with Crippen LogP contribution in [0.2, 0.25) is 0 Å². The number of pyridine rings is 1. The zero-order chi connectivity index (χ0) is 16.1. The molecule has 0 aromatic carbocycles. The molecule has 1 N–H and O–H groups in total. The second kappa shape index (κ2) is 9.16. The number of aryl methyl sites for hydroxylation is 1. The molecule has 1 fully saturated rings. The van der Waals surface area contributed by atoms with Crippen molar-refractivity contribution in [3.05, 3.63) is 52.0 Å². The van der Waals surface area contributed by atoms with E-state index in [-0.39, 0.29) is 24.4 Å². The van der Waals surface area contributed by atoms with Gasteiger partial charge in [0.15, 0.2) is 0 Å². The van der Waals surface area contributed by atoms with Crippen LogP contribution in [0, 0.1) is 6.92 Å². The molecule has 2 aromatic rings. The fourth-order valence-corrected chi connectivity index (χ4v) is 3.95. The van der Waals surface area contributed by atoms with Crippen molar-refractivity contribution in [3.63, 3.8) is 0 Å². The smallest absolute Gasteiger partial charge is 0.264 e. The fraction of sp³-hybridized carbons (Fsp3) is 0.444. The molecule has 3 rings (SSSR count). The minimum atomic E-state index is 0. The molecule has 24 heavy (non-hydrogen) atoms. The van der Waals surface area contributed by atoms with Crippen molar-refractivity contribution >= 4 is 29.7 Å². The molecule has 4 nitrogen and oxygen atoms in total. The molecule has 1 aliphatic heterocycles. The summed E-state index contributed by atoms with van der Waals surface area (Å²) in [6.07, 6.45) is 4.96. The Kier molecular flexibility index (Phi) is 7.21. The van der Waals surface area contributed by atoms with E-state index in [1.165, 1.54) is 11.3 Å². The predicted octanol–water partition coefficient (Wildman–Crippen LogP) is 3.66. The molecule has 0 aliphatic carbocycles. The van der Waals surface area contributed by atoms with Crippen molar-refractivity contribution in [1.29, 1.82) is 0 Å². The third-order valence-electron chi connectivity index (χ3n) is 4.36. The average molecular weight is 366 g/mol. The zero-order valence-electron chi connectivity index (χ0n) is 13.9. The molecule has 0 saturated carbocycles. The van der Waals surface area contributed by atoms with E-state index in [1.807, 2.05) is 41.5 Å². The molecule has 1 saturated heterocycles. The Morgan fingerprint density at radius 3 is 2.92 bits per heavy atom. The van der Waals surface area contributed by atoms with Gasteiger partial charge >= 0.3 is 0 Å². The summed E-state index contributed by atoms with van der Waals surface area (Å²) in [5, 5.41) is 5.43. The topological polar surface area (TPSA) is 45.2 Å². The Hall–Kier alpha value is -1.43. The van der Waals surface area contributed by atoms with Gasteiger partial charge in [0.1, 0.15) is 0 Å². The summed E-state index contributed by atoms with van der Waals surface area (Å²) in [5.74, 6) is 0.148. The number of nitrogens with one attached hydrogen (secondary N) is 1. The lowest BCUT2D eigenvalue weighted by atomic mass is 10.1. The normalized spacial score (nSPS) is 17.6. The van der Waals surface area contributed by atoms with E-state index >= 15 is 0 Å². The molecule has 1 unspecified atom stereocenters. The van der Waals surface area contributed by atoms with E-state index in [2.05, 4.69) is 10.3 Å². The van der Waals surface area contributed by atoms with Gasteiger partial charge in [-0.3, -0.25) is 9.78 Å². The van der Waals surface area contributed by atoms with E-state index in [9.17, 15) is 4.79 Å². The second-order valence-electron chi connectivity index (χ2n) is 6.02. The maximum atomic E-state index is 13.1. The average Bonchev–Trinajstić information content (AvgIpc) is 2.84. The van der Waals surface area contributed by atoms with Gasteiger partial charge in [0.2, 0.25) is 0 Å². The second-order valence-corrected chi connectivity index (χ2v) is 6.94. The summed E-state index contributed by atoms with van der Waals surface area (Å²) >= 11 is 1.54. The first-order valence-electron chi connectivity index (χ1n) is 8.21. The Labute approximate surface area is 153 Å². The molecule has 6 heteroatoms. The minimum absolute atomic E-state index is 0. The van der Waals surface area contributed by atoms with E-state index in [4.69, 9.17) is 0 Å². The predicted molar refractivity (Wildman–Crippen MR) is 101 cm³/mol. The lowest BCUT2D eigenvalue weighted by Crippen LogP contribution is -2.40. The van der Waals surface area contributed by atoms with E-state index in [0.717, 1.165) is 48.5 Å². The number of thiophene rings is 1. The number of amides is 1. The van der Waals surface area contributed by atoms with Crippen molar-refractivity contribution in [2.24, 2.45) is 0 Å². The highest BCUT2D eigenvalue weighted by Gasteiger charge is 2.27. The highest BCUT2D eigenvalue weighted by molar-refractivity contribution is 7.12. The van der Waals surface area contributed by atoms with E-state index in [1.54, 1.807) is 6.20 Å². The third kappa shape index (κ3) is 4.56. The highest BCUT2D eigenvalue weighted by atomic mass is 35.5. The molecule has 0 radical (unpaired) electrons. The first-order valence-corrected chi connectivity index (χ1v) is 9.09. The van der Waals surface area contributed by atoms with Crippen LogP contribution in [0.3, 0.4) is 0 Å². The van der Waals surface area contributed by atoms with Crippen LogP contribution in [0.25, 0.3) is 0 Å². The number of hydrogen-bond donors (Lipinski definition) is 1. The van der Waals surface area contributed by atoms with Gasteiger partial charge < -0.3 is 10.2 Å². The molecule has 3 heterocycles. The molecule has 1 amide bonds. The van der Waals surface area contributed by atoms with Crippen molar-refractivity contribution < 1.29 is 4.79 Å². The van der Waals surface area contributed by atoms with E-state index < -0.39 is 0 Å². The fourth-order valence-electron chi connectivity index (χ4n) is 3.07. The van der Waals surface area contributed by atoms with Gasteiger partial charge in [0, 0.05) is 12.2 Å². The van der Waals surface area contributed by atoms with Gasteiger partial charge in [-0.05, 0) is 68.4 Å². The third-order valence-corrected chi connectivity index (χ3v) is 5.37. The van der Waals surface area contributed by atoms with Gasteiger partial charge in [0.25, 0.3) is 5.91 Å². The number of carbonyl (C=O) groups is 1. The van der Waals surface area contributed by atoms with Crippen molar-refractivity contribution in [1.82, 2.24) is 15.2 Å². The van der Waals surface area contributed by atoms with Crippen LogP contribution >= 0.6 is 23.7 Å². The zero-order valence-corrected chi connectivity index (χ0v) is 15.5. The number of aromatic nitrogens is 1. The first-order chi connectivity index (χ1) is 11.3. The molecule has 0 spiro atoms. The van der Waals surface area contributed by atoms with Gasteiger partial charge in [-0.1, -0.05) is 6.07 Å². The highest BCUT2D eigenvalue weighted by Crippen LogP contribution is 2.23. The van der Waals surface area contributed by atoms with Crippen LogP contribution in [-0.4, -0.2) is 34.9 Å². The van der Waals surface area contributed by atoms with Gasteiger partial charge in [-0.2, -0.15) is 0 Å². The molecule has 2 aromatic heterocycles. The van der Waals surface area contributed by atoms with Crippen LogP contribution in [0.1, 0.15) is 40.2 Å². The summed E-state index contributed by atoms with van der Waals surface area (Å²) in [6.45, 7) is 4.61. The van der Waals surface area contributed by atoms with Crippen LogP contribution < -0.4 is 5.32 Å².